The summed E-state index contributed by atoms with van der Waals surface area (Å²) in [7, 11) is 0. The van der Waals surface area contributed by atoms with Gasteiger partial charge in [0.25, 0.3) is 0 Å². The van der Waals surface area contributed by atoms with E-state index in [1.165, 1.54) is 6.20 Å². The Kier molecular flexibility index (Phi) is 2.25. The van der Waals surface area contributed by atoms with Crippen LogP contribution in [0.3, 0.4) is 0 Å². The summed E-state index contributed by atoms with van der Waals surface area (Å²) in [5, 5.41) is 0. The third-order valence-corrected chi connectivity index (χ3v) is 3.14. The van der Waals surface area contributed by atoms with E-state index in [2.05, 4.69) is 4.98 Å². The molecule has 0 amide bonds. The maximum atomic E-state index is 13.7. The van der Waals surface area contributed by atoms with E-state index < -0.39 is 0 Å². The molecule has 0 unspecified atom stereocenters. The van der Waals surface area contributed by atoms with Crippen LogP contribution >= 0.6 is 0 Å². The topological polar surface area (TPSA) is 30.0 Å². The lowest BCUT2D eigenvalue weighted by Gasteiger charge is -2.08. The Labute approximate surface area is 98.1 Å². The van der Waals surface area contributed by atoms with Crippen LogP contribution in [0.1, 0.15) is 22.3 Å². The Balaban J connectivity index is 2.24. The molecule has 2 nitrogen and oxygen atoms in total. The lowest BCUT2D eigenvalue weighted by molar-refractivity contribution is 0.0994. The van der Waals surface area contributed by atoms with Gasteiger partial charge in [0, 0.05) is 23.7 Å². The van der Waals surface area contributed by atoms with Gasteiger partial charge in [-0.3, -0.25) is 9.78 Å². The molecule has 0 spiro atoms. The third-order valence-electron chi connectivity index (χ3n) is 3.14. The maximum Gasteiger partial charge on any atom is 0.163 e. The number of benzene rings is 1. The fourth-order valence-corrected chi connectivity index (χ4v) is 2.34. The average molecular weight is 227 g/mol. The molecule has 1 heterocycles. The SMILES string of the molecule is O=C1CCc2c1cccc2-c1ccncc1F. The lowest BCUT2D eigenvalue weighted by Crippen LogP contribution is -1.94. The summed E-state index contributed by atoms with van der Waals surface area (Å²) < 4.78 is 13.7. The van der Waals surface area contributed by atoms with Crippen molar-refractivity contribution in [2.75, 3.05) is 0 Å². The number of halogens is 1. The largest absolute Gasteiger partial charge is 0.294 e. The van der Waals surface area contributed by atoms with E-state index in [9.17, 15) is 9.18 Å². The summed E-state index contributed by atoms with van der Waals surface area (Å²) in [6.45, 7) is 0. The number of fused-ring (bicyclic) bond motifs is 1. The molecule has 0 bridgehead atoms. The van der Waals surface area contributed by atoms with Crippen LogP contribution < -0.4 is 0 Å². The van der Waals surface area contributed by atoms with E-state index in [4.69, 9.17) is 0 Å². The highest BCUT2D eigenvalue weighted by Gasteiger charge is 2.23. The Morgan fingerprint density at radius 2 is 1.88 bits per heavy atom. The number of ketones is 1. The van der Waals surface area contributed by atoms with E-state index in [0.717, 1.165) is 16.7 Å². The highest BCUT2D eigenvalue weighted by Crippen LogP contribution is 2.33. The van der Waals surface area contributed by atoms with Crippen LogP contribution in [-0.4, -0.2) is 10.8 Å². The van der Waals surface area contributed by atoms with Crippen LogP contribution in [0.25, 0.3) is 11.1 Å². The second-order valence-electron chi connectivity index (χ2n) is 4.11. The molecule has 1 aliphatic rings. The molecule has 1 aromatic heterocycles. The zero-order chi connectivity index (χ0) is 11.8. The van der Waals surface area contributed by atoms with Gasteiger partial charge >= 0.3 is 0 Å². The predicted molar refractivity (Wildman–Crippen MR) is 62.3 cm³/mol. The molecule has 2 aromatic rings. The van der Waals surface area contributed by atoms with Crippen LogP contribution in [0.5, 0.6) is 0 Å². The average Bonchev–Trinajstić information content (AvgIpc) is 2.72. The van der Waals surface area contributed by atoms with E-state index in [1.54, 1.807) is 18.3 Å². The number of carbonyl (C=O) groups is 1. The molecule has 0 aliphatic heterocycles. The molecule has 84 valence electrons. The highest BCUT2D eigenvalue weighted by atomic mass is 19.1. The predicted octanol–water partition coefficient (Wildman–Crippen LogP) is 3.02. The fourth-order valence-electron chi connectivity index (χ4n) is 2.34. The van der Waals surface area contributed by atoms with Crippen molar-refractivity contribution in [1.82, 2.24) is 4.98 Å². The van der Waals surface area contributed by atoms with E-state index in [-0.39, 0.29) is 11.6 Å². The van der Waals surface area contributed by atoms with Gasteiger partial charge in [0.05, 0.1) is 6.20 Å². The van der Waals surface area contributed by atoms with Gasteiger partial charge in [-0.05, 0) is 23.6 Å². The van der Waals surface area contributed by atoms with Gasteiger partial charge < -0.3 is 0 Å². The normalized spacial score (nSPS) is 13.8. The standard InChI is InChI=1S/C14H10FNO/c15-13-8-16-7-6-11(13)9-2-1-3-12-10(9)4-5-14(12)17/h1-3,6-8H,4-5H2. The summed E-state index contributed by atoms with van der Waals surface area (Å²) in [6, 6.07) is 7.12. The van der Waals surface area contributed by atoms with Gasteiger partial charge in [-0.15, -0.1) is 0 Å². The molecule has 0 radical (unpaired) electrons. The van der Waals surface area contributed by atoms with Gasteiger partial charge in [0.1, 0.15) is 5.82 Å². The molecule has 0 saturated carbocycles. The Bertz CT molecular complexity index is 607. The number of Topliss-reactive ketones (excluding diaryl/α,β-unsaturated/α-hetero) is 1. The Morgan fingerprint density at radius 1 is 1.06 bits per heavy atom. The molecule has 0 N–H and O–H groups in total. The second kappa shape index (κ2) is 3.77. The zero-order valence-electron chi connectivity index (χ0n) is 9.11. The smallest absolute Gasteiger partial charge is 0.163 e. The molecule has 0 saturated heterocycles. The van der Waals surface area contributed by atoms with E-state index in [0.29, 0.717) is 18.4 Å². The summed E-state index contributed by atoms with van der Waals surface area (Å²) in [6.07, 6.45) is 3.99. The van der Waals surface area contributed by atoms with Crippen LogP contribution in [0.2, 0.25) is 0 Å². The summed E-state index contributed by atoms with van der Waals surface area (Å²) in [5.74, 6) is -0.198. The van der Waals surface area contributed by atoms with Gasteiger partial charge in [-0.2, -0.15) is 0 Å². The molecule has 0 fully saturated rings. The summed E-state index contributed by atoms with van der Waals surface area (Å²) in [5.41, 5.74) is 3.03. The number of aromatic nitrogens is 1. The van der Waals surface area contributed by atoms with Crippen molar-refractivity contribution >= 4 is 5.78 Å². The van der Waals surface area contributed by atoms with Gasteiger partial charge in [-0.25, -0.2) is 4.39 Å². The number of nitrogens with zero attached hydrogens (tertiary/aromatic N) is 1. The number of hydrogen-bond acceptors (Lipinski definition) is 2. The van der Waals surface area contributed by atoms with Crippen LogP contribution in [0.4, 0.5) is 4.39 Å². The van der Waals surface area contributed by atoms with E-state index >= 15 is 0 Å². The van der Waals surface area contributed by atoms with Crippen LogP contribution in [0.15, 0.2) is 36.7 Å². The number of carbonyl (C=O) groups excluding carboxylic acids is 1. The maximum absolute atomic E-state index is 13.7. The molecular weight excluding hydrogens is 217 g/mol. The minimum atomic E-state index is -0.347. The molecule has 1 aliphatic carbocycles. The minimum Gasteiger partial charge on any atom is -0.294 e. The monoisotopic (exact) mass is 227 g/mol. The molecule has 1 aromatic carbocycles. The minimum absolute atomic E-state index is 0.149. The van der Waals surface area contributed by atoms with Crippen molar-refractivity contribution in [2.24, 2.45) is 0 Å². The number of hydrogen-bond donors (Lipinski definition) is 0. The van der Waals surface area contributed by atoms with Crippen LogP contribution in [0, 0.1) is 5.82 Å². The first kappa shape index (κ1) is 10.1. The molecular formula is C14H10FNO. The lowest BCUT2D eigenvalue weighted by atomic mass is 9.97. The third kappa shape index (κ3) is 1.55. The number of pyridine rings is 1. The van der Waals surface area contributed by atoms with Crippen LogP contribution in [-0.2, 0) is 6.42 Å². The van der Waals surface area contributed by atoms with Gasteiger partial charge in [-0.1, -0.05) is 18.2 Å². The Hall–Kier alpha value is -2.03. The molecule has 3 heteroatoms. The van der Waals surface area contributed by atoms with Crippen molar-refractivity contribution in [3.63, 3.8) is 0 Å². The highest BCUT2D eigenvalue weighted by molar-refractivity contribution is 6.02. The zero-order valence-corrected chi connectivity index (χ0v) is 9.11. The van der Waals surface area contributed by atoms with E-state index in [1.807, 2.05) is 12.1 Å². The molecule has 17 heavy (non-hydrogen) atoms. The molecule has 3 rings (SSSR count). The number of rotatable bonds is 1. The molecule has 0 atom stereocenters. The first-order chi connectivity index (χ1) is 8.27. The second-order valence-corrected chi connectivity index (χ2v) is 4.11. The van der Waals surface area contributed by atoms with Crippen molar-refractivity contribution in [3.05, 3.63) is 53.6 Å². The van der Waals surface area contributed by atoms with Gasteiger partial charge in [0.2, 0.25) is 0 Å². The first-order valence-electron chi connectivity index (χ1n) is 5.52. The Morgan fingerprint density at radius 3 is 2.71 bits per heavy atom. The van der Waals surface area contributed by atoms with Crippen molar-refractivity contribution in [3.8, 4) is 11.1 Å². The quantitative estimate of drug-likeness (QED) is 0.749. The van der Waals surface area contributed by atoms with Crippen molar-refractivity contribution in [2.45, 2.75) is 12.8 Å². The van der Waals surface area contributed by atoms with Crippen molar-refractivity contribution < 1.29 is 9.18 Å². The first-order valence-corrected chi connectivity index (χ1v) is 5.52. The summed E-state index contributed by atoms with van der Waals surface area (Å²) in [4.78, 5) is 15.4. The van der Waals surface area contributed by atoms with Gasteiger partial charge in [0.15, 0.2) is 5.78 Å². The summed E-state index contributed by atoms with van der Waals surface area (Å²) >= 11 is 0. The van der Waals surface area contributed by atoms with Crippen molar-refractivity contribution in [1.29, 1.82) is 0 Å². The fraction of sp³-hybridized carbons (Fsp3) is 0.143.